The minimum Gasteiger partial charge on any atom is -0.477 e. The van der Waals surface area contributed by atoms with Crippen molar-refractivity contribution in [1.29, 1.82) is 0 Å². The van der Waals surface area contributed by atoms with Gasteiger partial charge >= 0.3 is 5.97 Å². The number of benzene rings is 1. The van der Waals surface area contributed by atoms with Gasteiger partial charge in [-0.1, -0.05) is 29.8 Å². The second kappa shape index (κ2) is 5.52. The third-order valence-corrected chi connectivity index (χ3v) is 3.40. The summed E-state index contributed by atoms with van der Waals surface area (Å²) in [5.41, 5.74) is 2.30. The number of carboxylic acid groups (broad SMARTS) is 1. The molecule has 0 unspecified atom stereocenters. The highest BCUT2D eigenvalue weighted by Gasteiger charge is 2.22. The monoisotopic (exact) mass is 283 g/mol. The van der Waals surface area contributed by atoms with Gasteiger partial charge in [-0.15, -0.1) is 0 Å². The van der Waals surface area contributed by atoms with Crippen molar-refractivity contribution >= 4 is 11.8 Å². The van der Waals surface area contributed by atoms with E-state index in [0.29, 0.717) is 24.1 Å². The Morgan fingerprint density at radius 2 is 2.00 bits per heavy atom. The van der Waals surface area contributed by atoms with E-state index in [1.54, 1.807) is 0 Å². The van der Waals surface area contributed by atoms with Crippen LogP contribution in [0, 0.1) is 6.92 Å². The molecular weight excluding hydrogens is 266 g/mol. The van der Waals surface area contributed by atoms with Gasteiger partial charge in [-0.25, -0.2) is 14.8 Å². The van der Waals surface area contributed by atoms with Crippen LogP contribution in [0.5, 0.6) is 0 Å². The Kier molecular flexibility index (Phi) is 3.56. The number of nitrogens with one attached hydrogen (secondary N) is 1. The zero-order valence-corrected chi connectivity index (χ0v) is 11.8. The number of nitrogens with zero attached hydrogens (tertiary/aromatic N) is 2. The first kappa shape index (κ1) is 13.5. The Labute approximate surface area is 123 Å². The molecule has 3 rings (SSSR count). The first-order valence-corrected chi connectivity index (χ1v) is 7.03. The number of carbonyl (C=O) groups is 1. The molecule has 1 aromatic heterocycles. The van der Waals surface area contributed by atoms with Gasteiger partial charge in [-0.2, -0.15) is 0 Å². The molecular formula is C16H17N3O2. The van der Waals surface area contributed by atoms with Crippen molar-refractivity contribution in [2.45, 2.75) is 32.2 Å². The second-order valence-corrected chi connectivity index (χ2v) is 5.44. The normalized spacial score (nSPS) is 14.0. The molecule has 21 heavy (non-hydrogen) atoms. The molecule has 1 aliphatic rings. The van der Waals surface area contributed by atoms with E-state index in [9.17, 15) is 4.79 Å². The minimum atomic E-state index is -1.03. The highest BCUT2D eigenvalue weighted by atomic mass is 16.4. The maximum atomic E-state index is 11.2. The van der Waals surface area contributed by atoms with Crippen molar-refractivity contribution < 1.29 is 9.90 Å². The first-order chi connectivity index (χ1) is 10.1. The van der Waals surface area contributed by atoms with E-state index in [4.69, 9.17) is 5.11 Å². The van der Waals surface area contributed by atoms with Gasteiger partial charge in [0.05, 0.1) is 0 Å². The molecule has 1 aliphatic carbocycles. The summed E-state index contributed by atoms with van der Waals surface area (Å²) >= 11 is 0. The lowest BCUT2D eigenvalue weighted by Gasteiger charge is -2.08. The Morgan fingerprint density at radius 3 is 2.62 bits per heavy atom. The van der Waals surface area contributed by atoms with Gasteiger partial charge in [0.25, 0.3) is 0 Å². The van der Waals surface area contributed by atoms with Crippen LogP contribution < -0.4 is 5.32 Å². The van der Waals surface area contributed by atoms with Gasteiger partial charge in [-0.3, -0.25) is 0 Å². The Balaban J connectivity index is 1.86. The van der Waals surface area contributed by atoms with Crippen molar-refractivity contribution in [3.05, 3.63) is 53.0 Å². The zero-order valence-electron chi connectivity index (χ0n) is 11.8. The third kappa shape index (κ3) is 3.56. The van der Waals surface area contributed by atoms with E-state index < -0.39 is 5.97 Å². The number of hydrogen-bond donors (Lipinski definition) is 2. The van der Waals surface area contributed by atoms with Gasteiger partial charge in [0.2, 0.25) is 0 Å². The smallest absolute Gasteiger partial charge is 0.354 e. The van der Waals surface area contributed by atoms with Crippen molar-refractivity contribution in [2.24, 2.45) is 0 Å². The molecule has 0 amide bonds. The van der Waals surface area contributed by atoms with E-state index in [0.717, 1.165) is 18.4 Å². The molecule has 1 aromatic carbocycles. The summed E-state index contributed by atoms with van der Waals surface area (Å²) in [7, 11) is 0. The van der Waals surface area contributed by atoms with Crippen LogP contribution in [0.2, 0.25) is 0 Å². The van der Waals surface area contributed by atoms with Crippen LogP contribution >= 0.6 is 0 Å². The number of hydrogen-bond acceptors (Lipinski definition) is 4. The minimum absolute atomic E-state index is 0.0373. The first-order valence-electron chi connectivity index (χ1n) is 7.03. The molecule has 0 spiro atoms. The quantitative estimate of drug-likeness (QED) is 0.882. The van der Waals surface area contributed by atoms with Crippen molar-refractivity contribution in [3.8, 4) is 0 Å². The topological polar surface area (TPSA) is 75.1 Å². The molecule has 5 nitrogen and oxygen atoms in total. The number of carboxylic acids is 1. The standard InChI is InChI=1S/C16H17N3O2/c1-10-2-4-11(5-3-10)8-14-18-13(16(20)21)9-15(19-14)17-12-6-7-12/h2-5,9,12H,6-8H2,1H3,(H,20,21)(H,17,18,19). The number of aromatic carboxylic acids is 1. The largest absolute Gasteiger partial charge is 0.477 e. The molecule has 1 saturated carbocycles. The lowest BCUT2D eigenvalue weighted by atomic mass is 10.1. The molecule has 0 aliphatic heterocycles. The molecule has 0 atom stereocenters. The zero-order chi connectivity index (χ0) is 14.8. The third-order valence-electron chi connectivity index (χ3n) is 3.40. The SMILES string of the molecule is Cc1ccc(Cc2nc(NC3CC3)cc(C(=O)O)n2)cc1. The average molecular weight is 283 g/mol. The maximum Gasteiger partial charge on any atom is 0.354 e. The van der Waals surface area contributed by atoms with Crippen molar-refractivity contribution in [2.75, 3.05) is 5.32 Å². The average Bonchev–Trinajstić information content (AvgIpc) is 3.25. The predicted octanol–water partition coefficient (Wildman–Crippen LogP) is 2.65. The van der Waals surface area contributed by atoms with Crippen molar-refractivity contribution in [1.82, 2.24) is 9.97 Å². The Hall–Kier alpha value is -2.43. The number of aromatic nitrogens is 2. The summed E-state index contributed by atoms with van der Waals surface area (Å²) in [5.74, 6) is 0.107. The van der Waals surface area contributed by atoms with Crippen LogP contribution in [0.3, 0.4) is 0 Å². The molecule has 108 valence electrons. The highest BCUT2D eigenvalue weighted by Crippen LogP contribution is 2.24. The molecule has 2 N–H and O–H groups in total. The van der Waals surface area contributed by atoms with Gasteiger partial charge < -0.3 is 10.4 Å². The molecule has 2 aromatic rings. The molecule has 0 saturated heterocycles. The van der Waals surface area contributed by atoms with E-state index in [1.807, 2.05) is 31.2 Å². The summed E-state index contributed by atoms with van der Waals surface area (Å²) in [6.45, 7) is 2.03. The predicted molar refractivity (Wildman–Crippen MR) is 79.6 cm³/mol. The van der Waals surface area contributed by atoms with Gasteiger partial charge in [0.1, 0.15) is 11.6 Å². The van der Waals surface area contributed by atoms with Gasteiger partial charge in [-0.05, 0) is 25.3 Å². The lowest BCUT2D eigenvalue weighted by Crippen LogP contribution is -2.11. The summed E-state index contributed by atoms with van der Waals surface area (Å²) in [6, 6.07) is 10.0. The summed E-state index contributed by atoms with van der Waals surface area (Å²) in [6.07, 6.45) is 2.75. The summed E-state index contributed by atoms with van der Waals surface area (Å²) in [5, 5.41) is 12.4. The number of aryl methyl sites for hydroxylation is 1. The highest BCUT2D eigenvalue weighted by molar-refractivity contribution is 5.86. The Bertz CT molecular complexity index is 664. The van der Waals surface area contributed by atoms with Crippen LogP contribution in [0.1, 0.15) is 40.3 Å². The van der Waals surface area contributed by atoms with E-state index in [2.05, 4.69) is 15.3 Å². The lowest BCUT2D eigenvalue weighted by molar-refractivity contribution is 0.0690. The maximum absolute atomic E-state index is 11.2. The molecule has 1 fully saturated rings. The van der Waals surface area contributed by atoms with Crippen LogP contribution in [-0.2, 0) is 6.42 Å². The van der Waals surface area contributed by atoms with E-state index in [-0.39, 0.29) is 5.69 Å². The van der Waals surface area contributed by atoms with Crippen molar-refractivity contribution in [3.63, 3.8) is 0 Å². The van der Waals surface area contributed by atoms with Crippen LogP contribution in [0.4, 0.5) is 5.82 Å². The number of anilines is 1. The van der Waals surface area contributed by atoms with Gasteiger partial charge in [0, 0.05) is 18.5 Å². The molecule has 0 radical (unpaired) electrons. The molecule has 5 heteroatoms. The fourth-order valence-electron chi connectivity index (χ4n) is 2.09. The summed E-state index contributed by atoms with van der Waals surface area (Å²) < 4.78 is 0. The molecule has 0 bridgehead atoms. The fraction of sp³-hybridized carbons (Fsp3) is 0.312. The van der Waals surface area contributed by atoms with Crippen LogP contribution in [0.25, 0.3) is 0 Å². The fourth-order valence-corrected chi connectivity index (χ4v) is 2.09. The summed E-state index contributed by atoms with van der Waals surface area (Å²) in [4.78, 5) is 19.7. The number of rotatable bonds is 5. The van der Waals surface area contributed by atoms with Crippen LogP contribution in [0.15, 0.2) is 30.3 Å². The van der Waals surface area contributed by atoms with Crippen LogP contribution in [-0.4, -0.2) is 27.1 Å². The molecule has 1 heterocycles. The second-order valence-electron chi connectivity index (χ2n) is 5.44. The van der Waals surface area contributed by atoms with E-state index in [1.165, 1.54) is 11.6 Å². The van der Waals surface area contributed by atoms with E-state index >= 15 is 0 Å². The Morgan fingerprint density at radius 1 is 1.29 bits per heavy atom. The van der Waals surface area contributed by atoms with Gasteiger partial charge in [0.15, 0.2) is 5.69 Å².